The number of nitrogens with zero attached hydrogens (tertiary/aromatic N) is 4. The Kier molecular flexibility index (Phi) is 8.25. The van der Waals surface area contributed by atoms with E-state index < -0.39 is 0 Å². The highest BCUT2D eigenvalue weighted by molar-refractivity contribution is 5.94. The molecule has 3 heterocycles. The lowest BCUT2D eigenvalue weighted by atomic mass is 9.72. The van der Waals surface area contributed by atoms with Gasteiger partial charge in [-0.05, 0) is 36.9 Å². The van der Waals surface area contributed by atoms with Crippen LogP contribution in [-0.4, -0.2) is 76.8 Å². The van der Waals surface area contributed by atoms with Crippen molar-refractivity contribution >= 4 is 12.2 Å². The second kappa shape index (κ2) is 10.8. The molecule has 1 aromatic heterocycles. The van der Waals surface area contributed by atoms with E-state index >= 15 is 0 Å². The number of carbonyl (C=O) groups excluding carboxylic acids is 2. The number of carbonyl (C=O) groups is 2. The molecule has 1 aromatic carbocycles. The van der Waals surface area contributed by atoms with E-state index in [1.165, 1.54) is 5.56 Å². The van der Waals surface area contributed by atoms with E-state index in [-0.39, 0.29) is 11.3 Å². The fourth-order valence-electron chi connectivity index (χ4n) is 5.15. The maximum atomic E-state index is 12.9. The largest absolute Gasteiger partial charge is 0.338 e. The molecule has 9 heteroatoms. The molecule has 34 heavy (non-hydrogen) atoms. The van der Waals surface area contributed by atoms with Gasteiger partial charge >= 0.3 is 0 Å². The Labute approximate surface area is 201 Å². The van der Waals surface area contributed by atoms with Gasteiger partial charge in [0.15, 0.2) is 0 Å². The first-order valence-corrected chi connectivity index (χ1v) is 11.7. The molecule has 5 N–H and O–H groups in total. The van der Waals surface area contributed by atoms with Gasteiger partial charge in [-0.2, -0.15) is 5.10 Å². The molecule has 2 aromatic rings. The van der Waals surface area contributed by atoms with Gasteiger partial charge < -0.3 is 25.5 Å². The van der Waals surface area contributed by atoms with Crippen LogP contribution in [-0.2, 0) is 11.3 Å². The minimum absolute atomic E-state index is 0.0733. The van der Waals surface area contributed by atoms with Crippen molar-refractivity contribution < 1.29 is 14.8 Å². The van der Waals surface area contributed by atoms with Crippen molar-refractivity contribution in [3.8, 4) is 0 Å². The fraction of sp³-hybridized carbons (Fsp3) is 0.560. The van der Waals surface area contributed by atoms with Crippen LogP contribution >= 0.6 is 0 Å². The predicted molar refractivity (Wildman–Crippen MR) is 130 cm³/mol. The number of likely N-dealkylation sites (tertiary alicyclic amines) is 2. The lowest BCUT2D eigenvalue weighted by Gasteiger charge is -2.49. The van der Waals surface area contributed by atoms with Gasteiger partial charge in [0.05, 0.1) is 18.3 Å². The Morgan fingerprint density at radius 2 is 1.85 bits per heavy atom. The molecule has 5 rings (SSSR count). The molecular weight excluding hydrogens is 432 g/mol. The van der Waals surface area contributed by atoms with Crippen LogP contribution in [0.3, 0.4) is 0 Å². The number of aromatic nitrogens is 2. The quantitative estimate of drug-likeness (QED) is 0.445. The molecule has 1 aliphatic carbocycles. The van der Waals surface area contributed by atoms with Crippen LogP contribution in [0.1, 0.15) is 36.2 Å². The van der Waals surface area contributed by atoms with Crippen LogP contribution in [0.15, 0.2) is 42.7 Å². The molecule has 1 saturated carbocycles. The Bertz CT molecular complexity index is 955. The monoisotopic (exact) mass is 470 g/mol. The summed E-state index contributed by atoms with van der Waals surface area (Å²) < 4.78 is 1.83. The summed E-state index contributed by atoms with van der Waals surface area (Å²) in [6.45, 7) is 9.18. The molecule has 3 fully saturated rings. The van der Waals surface area contributed by atoms with Crippen molar-refractivity contribution in [2.45, 2.75) is 26.8 Å². The smallest absolute Gasteiger partial charge is 0.257 e. The standard InChI is InChI=1S/C19H25N5O.C6H10O.H3NO/c1-22-12-19(13-22)14-23(11-17(19)7-20)18(25)16-8-21-24(10-16)9-15-5-3-2-4-6-15;1-6(2)3-5(6)4-7;1-2/h2-6,8,10,17H,7,9,11-14,20H2,1H3;4-5H,3H2,1-2H3;2H,1H2. The average molecular weight is 471 g/mol. The van der Waals surface area contributed by atoms with Crippen molar-refractivity contribution in [3.05, 3.63) is 53.9 Å². The number of hydrogen-bond acceptors (Lipinski definition) is 7. The highest BCUT2D eigenvalue weighted by Crippen LogP contribution is 2.49. The third-order valence-electron chi connectivity index (χ3n) is 7.38. The summed E-state index contributed by atoms with van der Waals surface area (Å²) in [7, 11) is 2.12. The van der Waals surface area contributed by atoms with Crippen LogP contribution in [0.5, 0.6) is 0 Å². The molecule has 1 amide bonds. The van der Waals surface area contributed by atoms with E-state index in [9.17, 15) is 9.59 Å². The Morgan fingerprint density at radius 1 is 1.21 bits per heavy atom. The summed E-state index contributed by atoms with van der Waals surface area (Å²) in [5, 5.41) is 10.9. The van der Waals surface area contributed by atoms with E-state index in [0.717, 1.165) is 38.9 Å². The van der Waals surface area contributed by atoms with Crippen LogP contribution in [0, 0.1) is 22.7 Å². The van der Waals surface area contributed by atoms with Crippen LogP contribution in [0.2, 0.25) is 0 Å². The van der Waals surface area contributed by atoms with E-state index in [0.29, 0.717) is 35.9 Å². The number of rotatable bonds is 5. The SMILES string of the molecule is CC1(C)CC1C=O.CN1CC2(C1)CN(C(=O)c1cnn(Cc3ccccc3)c1)CC2CN.NO. The van der Waals surface area contributed by atoms with Gasteiger partial charge in [-0.3, -0.25) is 9.48 Å². The first-order valence-electron chi connectivity index (χ1n) is 11.7. The molecule has 2 aliphatic heterocycles. The lowest BCUT2D eigenvalue weighted by Crippen LogP contribution is -2.59. The summed E-state index contributed by atoms with van der Waals surface area (Å²) in [4.78, 5) is 27.2. The zero-order chi connectivity index (χ0) is 24.9. The van der Waals surface area contributed by atoms with E-state index in [1.807, 2.05) is 34.0 Å². The first-order chi connectivity index (χ1) is 16.3. The number of hydrogen-bond donors (Lipinski definition) is 3. The molecule has 2 saturated heterocycles. The molecule has 9 nitrogen and oxygen atoms in total. The third-order valence-corrected chi connectivity index (χ3v) is 7.38. The highest BCUT2D eigenvalue weighted by atomic mass is 16.4. The van der Waals surface area contributed by atoms with E-state index in [1.54, 1.807) is 6.20 Å². The van der Waals surface area contributed by atoms with Crippen LogP contribution in [0.25, 0.3) is 0 Å². The van der Waals surface area contributed by atoms with E-state index in [2.05, 4.69) is 48.9 Å². The van der Waals surface area contributed by atoms with E-state index in [4.69, 9.17) is 10.9 Å². The summed E-state index contributed by atoms with van der Waals surface area (Å²) in [6.07, 6.45) is 5.68. The Hall–Kier alpha value is -2.59. The minimum atomic E-state index is 0.0733. The lowest BCUT2D eigenvalue weighted by molar-refractivity contribution is -0.109. The molecule has 0 radical (unpaired) electrons. The molecule has 1 spiro atoms. The molecule has 186 valence electrons. The third kappa shape index (κ3) is 5.72. The van der Waals surface area contributed by atoms with Crippen LogP contribution < -0.4 is 11.6 Å². The van der Waals surface area contributed by atoms with Crippen molar-refractivity contribution in [2.24, 2.45) is 34.3 Å². The predicted octanol–water partition coefficient (Wildman–Crippen LogP) is 1.46. The molecule has 0 bridgehead atoms. The second-order valence-corrected chi connectivity index (χ2v) is 10.5. The summed E-state index contributed by atoms with van der Waals surface area (Å²) in [5.74, 6) is 4.34. The first kappa shape index (κ1) is 26.0. The second-order valence-electron chi connectivity index (χ2n) is 10.5. The normalized spacial score (nSPS) is 23.8. The maximum absolute atomic E-state index is 12.9. The van der Waals surface area contributed by atoms with Gasteiger partial charge in [-0.1, -0.05) is 44.2 Å². The van der Waals surface area contributed by atoms with Crippen molar-refractivity contribution in [3.63, 3.8) is 0 Å². The summed E-state index contributed by atoms with van der Waals surface area (Å²) in [6, 6.07) is 10.1. The Balaban J connectivity index is 0.000000306. The molecule has 2 atom stereocenters. The molecular formula is C25H38N6O3. The van der Waals surface area contributed by atoms with Crippen LogP contribution in [0.4, 0.5) is 0 Å². The minimum Gasteiger partial charge on any atom is -0.338 e. The average Bonchev–Trinajstić information content (AvgIpc) is 3.14. The van der Waals surface area contributed by atoms with Gasteiger partial charge in [-0.15, -0.1) is 0 Å². The molecule has 2 unspecified atom stereocenters. The molecule has 3 aliphatic rings. The summed E-state index contributed by atoms with van der Waals surface area (Å²) in [5.41, 5.74) is 8.36. The van der Waals surface area contributed by atoms with Gasteiger partial charge in [0.2, 0.25) is 0 Å². The summed E-state index contributed by atoms with van der Waals surface area (Å²) >= 11 is 0. The number of nitrogens with two attached hydrogens (primary N) is 2. The van der Waals surface area contributed by atoms with Crippen molar-refractivity contribution in [1.29, 1.82) is 0 Å². The number of amides is 1. The highest BCUT2D eigenvalue weighted by Gasteiger charge is 2.53. The Morgan fingerprint density at radius 3 is 2.35 bits per heavy atom. The zero-order valence-electron chi connectivity index (χ0n) is 20.4. The van der Waals surface area contributed by atoms with Gasteiger partial charge in [0.25, 0.3) is 5.91 Å². The maximum Gasteiger partial charge on any atom is 0.257 e. The van der Waals surface area contributed by atoms with Gasteiger partial charge in [0, 0.05) is 43.7 Å². The zero-order valence-corrected chi connectivity index (χ0v) is 20.4. The number of benzene rings is 1. The van der Waals surface area contributed by atoms with Crippen molar-refractivity contribution in [2.75, 3.05) is 39.8 Å². The number of aldehydes is 1. The van der Waals surface area contributed by atoms with Gasteiger partial charge in [-0.25, -0.2) is 5.90 Å². The fourth-order valence-corrected chi connectivity index (χ4v) is 5.15. The van der Waals surface area contributed by atoms with Gasteiger partial charge in [0.1, 0.15) is 6.29 Å². The topological polar surface area (TPSA) is 131 Å². The van der Waals surface area contributed by atoms with Crippen molar-refractivity contribution in [1.82, 2.24) is 19.6 Å².